The third kappa shape index (κ3) is 7.34. The van der Waals surface area contributed by atoms with Crippen LogP contribution in [0.4, 0.5) is 4.79 Å². The van der Waals surface area contributed by atoms with Crippen LogP contribution in [0.15, 0.2) is 71.8 Å². The van der Waals surface area contributed by atoms with E-state index in [0.717, 1.165) is 6.92 Å². The van der Waals surface area contributed by atoms with Gasteiger partial charge in [-0.1, -0.05) is 76.2 Å². The normalized spacial score (nSPS) is 33.7. The van der Waals surface area contributed by atoms with Crippen LogP contribution in [0.3, 0.4) is 0 Å². The summed E-state index contributed by atoms with van der Waals surface area (Å²) in [5.41, 5.74) is -7.21. The molecule has 0 spiro atoms. The zero-order chi connectivity index (χ0) is 43.4. The fourth-order valence-electron chi connectivity index (χ4n) is 9.59. The van der Waals surface area contributed by atoms with Gasteiger partial charge in [-0.15, -0.1) is 0 Å². The number of Topliss-reactive ketones (excluding diaryl/α,β-unsaturated/α-hetero) is 1. The number of rotatable bonds is 10. The second-order valence-corrected chi connectivity index (χ2v) is 17.4. The van der Waals surface area contributed by atoms with Crippen molar-refractivity contribution in [3.05, 3.63) is 82.9 Å². The van der Waals surface area contributed by atoms with Crippen LogP contribution in [0.5, 0.6) is 0 Å². The first-order valence-electron chi connectivity index (χ1n) is 19.9. The molecule has 3 fully saturated rings. The predicted octanol–water partition coefficient (Wildman–Crippen LogP) is 3.51. The smallest absolute Gasteiger partial charge is 0.407 e. The Morgan fingerprint density at radius 2 is 1.54 bits per heavy atom. The summed E-state index contributed by atoms with van der Waals surface area (Å²) in [5.74, 6) is -5.39. The monoisotopic (exact) mass is 821 g/mol. The fourth-order valence-corrected chi connectivity index (χ4v) is 9.59. The van der Waals surface area contributed by atoms with E-state index in [1.165, 1.54) is 26.0 Å². The van der Waals surface area contributed by atoms with Gasteiger partial charge < -0.3 is 49.4 Å². The highest BCUT2D eigenvalue weighted by molar-refractivity contribution is 5.94. The van der Waals surface area contributed by atoms with Gasteiger partial charge in [-0.3, -0.25) is 9.59 Å². The van der Waals surface area contributed by atoms with E-state index in [0.29, 0.717) is 5.56 Å². The fraction of sp³-hybridized carbons (Fsp3) is 0.568. The van der Waals surface area contributed by atoms with Gasteiger partial charge in [-0.2, -0.15) is 0 Å². The van der Waals surface area contributed by atoms with Gasteiger partial charge in [0.2, 0.25) is 0 Å². The molecule has 1 amide bonds. The number of aliphatic hydroxyl groups excluding tert-OH is 3. The third-order valence-electron chi connectivity index (χ3n) is 13.4. The van der Waals surface area contributed by atoms with E-state index in [4.69, 9.17) is 23.7 Å². The number of nitrogens with one attached hydrogen (secondary N) is 1. The van der Waals surface area contributed by atoms with Gasteiger partial charge in [0, 0.05) is 25.2 Å². The molecule has 320 valence electrons. The highest BCUT2D eigenvalue weighted by Crippen LogP contribution is 2.64. The van der Waals surface area contributed by atoms with Gasteiger partial charge in [-0.05, 0) is 55.5 Å². The quantitative estimate of drug-likeness (QED) is 0.132. The summed E-state index contributed by atoms with van der Waals surface area (Å²) in [6.45, 7) is 12.3. The molecule has 5 N–H and O–H groups in total. The second-order valence-electron chi connectivity index (χ2n) is 17.4. The van der Waals surface area contributed by atoms with E-state index in [9.17, 15) is 44.4 Å². The SMILES string of the molecule is CC(=O)O[C@@]12CO[C@@H]1C[C@H](O)[C@@]1(C)C(=O)[C@H](O)C3=C(C)[C@@H](OC(=O)[C@H](O)[C@@H](NC(=O)O[C@@H](C)C(C)C)c4ccccc4)C[C@@](O)([C@@H](OC(=O)c4ccccc4)[C@H]21)C3(C)C. The number of aliphatic hydroxyl groups is 4. The van der Waals surface area contributed by atoms with Crippen molar-refractivity contribution in [1.82, 2.24) is 5.32 Å². The molecule has 1 heterocycles. The first-order valence-corrected chi connectivity index (χ1v) is 19.9. The Kier molecular flexibility index (Phi) is 12.0. The molecule has 6 rings (SSSR count). The van der Waals surface area contributed by atoms with E-state index in [-0.39, 0.29) is 35.7 Å². The largest absolute Gasteiger partial charge is 0.456 e. The number of fused-ring (bicyclic) bond motifs is 5. The van der Waals surface area contributed by atoms with Crippen LogP contribution >= 0.6 is 0 Å². The summed E-state index contributed by atoms with van der Waals surface area (Å²) < 4.78 is 29.6. The summed E-state index contributed by atoms with van der Waals surface area (Å²) in [7, 11) is 0. The average molecular weight is 822 g/mol. The molecule has 2 aromatic carbocycles. The number of ketones is 1. The van der Waals surface area contributed by atoms with E-state index in [1.807, 2.05) is 13.8 Å². The Morgan fingerprint density at radius 1 is 0.932 bits per heavy atom. The first kappa shape index (κ1) is 43.9. The molecule has 2 aromatic rings. The van der Waals surface area contributed by atoms with E-state index in [2.05, 4.69) is 5.32 Å². The predicted molar refractivity (Wildman–Crippen MR) is 208 cm³/mol. The lowest BCUT2D eigenvalue weighted by atomic mass is 9.44. The highest BCUT2D eigenvalue weighted by Gasteiger charge is 2.78. The maximum Gasteiger partial charge on any atom is 0.407 e. The number of ether oxygens (including phenoxy) is 5. The molecule has 0 radical (unpaired) electrons. The molecule has 15 nitrogen and oxygen atoms in total. The molecule has 59 heavy (non-hydrogen) atoms. The van der Waals surface area contributed by atoms with Crippen molar-refractivity contribution in [2.24, 2.45) is 22.7 Å². The van der Waals surface area contributed by atoms with Crippen molar-refractivity contribution in [2.45, 2.75) is 128 Å². The van der Waals surface area contributed by atoms with Crippen LogP contribution in [0.1, 0.15) is 90.2 Å². The number of amides is 1. The van der Waals surface area contributed by atoms with Gasteiger partial charge in [0.15, 0.2) is 17.5 Å². The zero-order valence-corrected chi connectivity index (χ0v) is 34.5. The number of carbonyl (C=O) groups excluding carboxylic acids is 5. The van der Waals surface area contributed by atoms with Gasteiger partial charge in [-0.25, -0.2) is 14.4 Å². The molecule has 1 aliphatic heterocycles. The molecule has 12 atom stereocenters. The van der Waals surface area contributed by atoms with Crippen LogP contribution in [-0.2, 0) is 38.1 Å². The Labute approximate surface area is 343 Å². The second kappa shape index (κ2) is 16.1. The lowest BCUT2D eigenvalue weighted by molar-refractivity contribution is -0.346. The van der Waals surface area contributed by atoms with Gasteiger partial charge in [0.25, 0.3) is 0 Å². The van der Waals surface area contributed by atoms with Gasteiger partial charge >= 0.3 is 24.0 Å². The van der Waals surface area contributed by atoms with Crippen molar-refractivity contribution < 1.29 is 68.1 Å². The van der Waals surface area contributed by atoms with Crippen LogP contribution in [0, 0.1) is 22.7 Å². The summed E-state index contributed by atoms with van der Waals surface area (Å²) in [5, 5.41) is 51.7. The zero-order valence-electron chi connectivity index (χ0n) is 34.5. The average Bonchev–Trinajstić information content (AvgIpc) is 3.18. The van der Waals surface area contributed by atoms with Crippen molar-refractivity contribution in [1.29, 1.82) is 0 Å². The molecule has 15 heteroatoms. The minimum absolute atomic E-state index is 0.0321. The van der Waals surface area contributed by atoms with Crippen LogP contribution < -0.4 is 5.32 Å². The van der Waals surface area contributed by atoms with Crippen LogP contribution in [-0.4, -0.2) is 111 Å². The number of hydrogen-bond donors (Lipinski definition) is 5. The Bertz CT molecular complexity index is 1980. The Morgan fingerprint density at radius 3 is 2.10 bits per heavy atom. The minimum Gasteiger partial charge on any atom is -0.456 e. The van der Waals surface area contributed by atoms with Gasteiger partial charge in [0.1, 0.15) is 36.1 Å². The number of benzene rings is 2. The van der Waals surface area contributed by atoms with Gasteiger partial charge in [0.05, 0.1) is 35.6 Å². The summed E-state index contributed by atoms with van der Waals surface area (Å²) in [4.78, 5) is 69.1. The molecule has 2 saturated carbocycles. The van der Waals surface area contributed by atoms with E-state index >= 15 is 0 Å². The maximum atomic E-state index is 15.0. The lowest BCUT2D eigenvalue weighted by Gasteiger charge is -2.67. The summed E-state index contributed by atoms with van der Waals surface area (Å²) >= 11 is 0. The first-order chi connectivity index (χ1) is 27.6. The topological polar surface area (TPSA) is 224 Å². The molecule has 0 unspecified atom stereocenters. The molecule has 0 aromatic heterocycles. The number of alkyl carbamates (subject to hydrolysis) is 1. The van der Waals surface area contributed by atoms with Crippen LogP contribution in [0.2, 0.25) is 0 Å². The van der Waals surface area contributed by atoms with Crippen molar-refractivity contribution in [3.63, 3.8) is 0 Å². The van der Waals surface area contributed by atoms with Crippen molar-refractivity contribution in [3.8, 4) is 0 Å². The Hall–Kier alpha value is -4.67. The van der Waals surface area contributed by atoms with Crippen molar-refractivity contribution >= 4 is 29.8 Å². The number of hydrogen-bond acceptors (Lipinski definition) is 14. The number of carbonyl (C=O) groups is 5. The molecule has 1 saturated heterocycles. The van der Waals surface area contributed by atoms with E-state index < -0.39 is 113 Å². The highest BCUT2D eigenvalue weighted by atomic mass is 16.6. The molecular weight excluding hydrogens is 766 g/mol. The number of esters is 3. The van der Waals surface area contributed by atoms with E-state index in [1.54, 1.807) is 69.3 Å². The maximum absolute atomic E-state index is 15.0. The summed E-state index contributed by atoms with van der Waals surface area (Å²) in [6, 6.07) is 14.7. The van der Waals surface area contributed by atoms with Crippen LogP contribution in [0.25, 0.3) is 0 Å². The molecule has 4 aliphatic rings. The lowest BCUT2D eigenvalue weighted by Crippen LogP contribution is -2.81. The molecular formula is C44H55NO14. The third-order valence-corrected chi connectivity index (χ3v) is 13.4. The van der Waals surface area contributed by atoms with Crippen molar-refractivity contribution in [2.75, 3.05) is 6.61 Å². The molecule has 2 bridgehead atoms. The standard InChI is InChI=1S/C44H55NO14/c1-22(2)24(4)56-40(53)45-32(26-15-11-9-12-16-26)34(49)39(52)57-28-20-44(54)37(58-38(51)27-17-13-10-14-18-27)35-42(8,36(50)33(48)31(23(28)3)41(44,6)7)29(47)19-30-43(35,21-55-30)59-25(5)46/h9-18,22,24,28-30,32-35,37,47-49,54H,19-21H2,1-8H3,(H,45,53)/t24-,28-,29-,30+,32-,33+,34+,35-,37-,42+,43-,44+/m0/s1. The summed E-state index contributed by atoms with van der Waals surface area (Å²) in [6.07, 6.45) is -12.0. The minimum atomic E-state index is -2.35. The molecule has 3 aliphatic carbocycles. The Balaban J connectivity index is 1.47.